The summed E-state index contributed by atoms with van der Waals surface area (Å²) in [5.41, 5.74) is 6.07. The number of aromatic nitrogens is 3. The number of nitrogens with one attached hydrogen (secondary N) is 1. The molecule has 162 valence electrons. The van der Waals surface area contributed by atoms with Gasteiger partial charge in [0, 0.05) is 49.6 Å². The van der Waals surface area contributed by atoms with E-state index in [1.165, 1.54) is 22.5 Å². The molecule has 3 aromatic rings. The van der Waals surface area contributed by atoms with Crippen LogP contribution in [0.15, 0.2) is 55.0 Å². The van der Waals surface area contributed by atoms with Crippen molar-refractivity contribution in [3.63, 3.8) is 0 Å². The smallest absolute Gasteiger partial charge is 0.170 e. The Balaban J connectivity index is 1.73. The molecule has 0 radical (unpaired) electrons. The summed E-state index contributed by atoms with van der Waals surface area (Å²) in [4.78, 5) is 13.3. The summed E-state index contributed by atoms with van der Waals surface area (Å²) in [5, 5.41) is 4.35. The zero-order valence-electron chi connectivity index (χ0n) is 18.6. The molecule has 1 aliphatic heterocycles. The lowest BCUT2D eigenvalue weighted by Gasteiger charge is -2.29. The molecule has 3 aromatic heterocycles. The van der Waals surface area contributed by atoms with E-state index in [0.717, 1.165) is 30.4 Å². The van der Waals surface area contributed by atoms with Crippen molar-refractivity contribution >= 4 is 17.3 Å². The van der Waals surface area contributed by atoms with E-state index < -0.39 is 0 Å². The molecule has 1 N–H and O–H groups in total. The zero-order valence-corrected chi connectivity index (χ0v) is 19.4. The fourth-order valence-corrected chi connectivity index (χ4v) is 4.67. The van der Waals surface area contributed by atoms with Crippen LogP contribution in [-0.2, 0) is 6.54 Å². The first-order valence-corrected chi connectivity index (χ1v) is 11.0. The lowest BCUT2D eigenvalue weighted by Crippen LogP contribution is -2.35. The summed E-state index contributed by atoms with van der Waals surface area (Å²) in [6.07, 6.45) is 5.56. The molecule has 1 fully saturated rings. The Bertz CT molecular complexity index is 1030. The molecule has 0 aliphatic carbocycles. The third kappa shape index (κ3) is 4.48. The summed E-state index contributed by atoms with van der Waals surface area (Å²) in [6, 6.07) is 12.7. The maximum Gasteiger partial charge on any atom is 0.170 e. The first-order chi connectivity index (χ1) is 15.0. The van der Waals surface area contributed by atoms with Crippen molar-refractivity contribution in [2.24, 2.45) is 0 Å². The van der Waals surface area contributed by atoms with Crippen LogP contribution in [0.4, 0.5) is 0 Å². The molecule has 31 heavy (non-hydrogen) atoms. The molecule has 6 nitrogen and oxygen atoms in total. The third-order valence-corrected chi connectivity index (χ3v) is 6.36. The Morgan fingerprint density at radius 1 is 1.10 bits per heavy atom. The molecular formula is C24H30N6S. The Morgan fingerprint density at radius 2 is 1.87 bits per heavy atom. The van der Waals surface area contributed by atoms with E-state index in [0.29, 0.717) is 0 Å². The summed E-state index contributed by atoms with van der Waals surface area (Å²) in [6.45, 7) is 7.02. The van der Waals surface area contributed by atoms with Gasteiger partial charge in [-0.3, -0.25) is 9.97 Å². The van der Waals surface area contributed by atoms with E-state index in [2.05, 4.69) is 81.9 Å². The number of aryl methyl sites for hydroxylation is 1. The molecule has 1 saturated heterocycles. The second kappa shape index (κ2) is 9.16. The van der Waals surface area contributed by atoms with Gasteiger partial charge in [-0.05, 0) is 81.6 Å². The number of thiocarbonyl (C=S) groups is 1. The molecule has 0 saturated carbocycles. The van der Waals surface area contributed by atoms with Crippen molar-refractivity contribution in [3.05, 3.63) is 83.2 Å². The van der Waals surface area contributed by atoms with Crippen molar-refractivity contribution in [1.82, 2.24) is 29.7 Å². The van der Waals surface area contributed by atoms with Gasteiger partial charge in [0.05, 0.1) is 17.8 Å². The van der Waals surface area contributed by atoms with Crippen molar-refractivity contribution in [2.75, 3.05) is 27.2 Å². The van der Waals surface area contributed by atoms with Crippen molar-refractivity contribution in [1.29, 1.82) is 0 Å². The average Bonchev–Trinajstić information content (AvgIpc) is 3.24. The molecule has 4 heterocycles. The Hall–Kier alpha value is -2.77. The third-order valence-electron chi connectivity index (χ3n) is 6.01. The molecule has 0 unspecified atom stereocenters. The minimum atomic E-state index is 0.0192. The van der Waals surface area contributed by atoms with E-state index in [4.69, 9.17) is 12.2 Å². The minimum absolute atomic E-state index is 0.0192. The minimum Gasteiger partial charge on any atom is -0.352 e. The van der Waals surface area contributed by atoms with Gasteiger partial charge in [0.15, 0.2) is 5.11 Å². The van der Waals surface area contributed by atoms with Crippen LogP contribution in [0.25, 0.3) is 0 Å². The predicted octanol–water partition coefficient (Wildman–Crippen LogP) is 3.48. The highest BCUT2D eigenvalue weighted by Crippen LogP contribution is 2.40. The first kappa shape index (κ1) is 21.5. The van der Waals surface area contributed by atoms with Gasteiger partial charge in [0.2, 0.25) is 0 Å². The van der Waals surface area contributed by atoms with Gasteiger partial charge in [0.1, 0.15) is 0 Å². The topological polar surface area (TPSA) is 49.2 Å². The molecule has 0 aromatic carbocycles. The fraction of sp³-hybridized carbons (Fsp3) is 0.375. The lowest BCUT2D eigenvalue weighted by atomic mass is 9.97. The molecule has 0 bridgehead atoms. The van der Waals surface area contributed by atoms with Crippen molar-refractivity contribution in [3.8, 4) is 0 Å². The van der Waals surface area contributed by atoms with Crippen LogP contribution in [0.3, 0.4) is 0 Å². The summed E-state index contributed by atoms with van der Waals surface area (Å²) in [5.74, 6) is 0. The Morgan fingerprint density at radius 3 is 2.55 bits per heavy atom. The molecule has 2 atom stereocenters. The highest BCUT2D eigenvalue weighted by Gasteiger charge is 2.41. The van der Waals surface area contributed by atoms with Gasteiger partial charge in [-0.1, -0.05) is 6.07 Å². The van der Waals surface area contributed by atoms with E-state index in [9.17, 15) is 0 Å². The van der Waals surface area contributed by atoms with Crippen LogP contribution in [-0.4, -0.2) is 56.6 Å². The van der Waals surface area contributed by atoms with Crippen molar-refractivity contribution in [2.45, 2.75) is 32.5 Å². The van der Waals surface area contributed by atoms with E-state index >= 15 is 0 Å². The van der Waals surface area contributed by atoms with E-state index in [1.54, 1.807) is 0 Å². The Labute approximate surface area is 189 Å². The number of hydrogen-bond donors (Lipinski definition) is 1. The van der Waals surface area contributed by atoms with Gasteiger partial charge in [-0.25, -0.2) is 0 Å². The van der Waals surface area contributed by atoms with Crippen LogP contribution >= 0.6 is 12.2 Å². The van der Waals surface area contributed by atoms with E-state index in [1.807, 2.05) is 30.7 Å². The number of rotatable bonds is 7. The highest BCUT2D eigenvalue weighted by atomic mass is 32.1. The normalized spacial score (nSPS) is 18.6. The first-order valence-electron chi connectivity index (χ1n) is 10.6. The zero-order chi connectivity index (χ0) is 22.0. The second-order valence-corrected chi connectivity index (χ2v) is 8.78. The lowest BCUT2D eigenvalue weighted by molar-refractivity contribution is 0.277. The summed E-state index contributed by atoms with van der Waals surface area (Å²) in [7, 11) is 4.19. The van der Waals surface area contributed by atoms with Gasteiger partial charge in [-0.15, -0.1) is 0 Å². The molecule has 0 spiro atoms. The van der Waals surface area contributed by atoms with Crippen LogP contribution in [0, 0.1) is 13.8 Å². The van der Waals surface area contributed by atoms with Gasteiger partial charge in [-0.2, -0.15) is 0 Å². The molecule has 4 rings (SSSR count). The quantitative estimate of drug-likeness (QED) is 0.575. The monoisotopic (exact) mass is 434 g/mol. The van der Waals surface area contributed by atoms with E-state index in [-0.39, 0.29) is 12.1 Å². The predicted molar refractivity (Wildman–Crippen MR) is 128 cm³/mol. The molecule has 0 amide bonds. The maximum atomic E-state index is 5.79. The maximum absolute atomic E-state index is 5.79. The SMILES string of the molecule is Cc1cc([C@H]2[C@@H](c3ccccn3)NC(=S)N2CCN(C)C)c(C)n1Cc1ccncc1. The fourth-order valence-electron chi connectivity index (χ4n) is 4.33. The molecule has 1 aliphatic rings. The number of pyridine rings is 2. The number of hydrogen-bond acceptors (Lipinski definition) is 4. The van der Waals surface area contributed by atoms with Gasteiger partial charge in [0.25, 0.3) is 0 Å². The summed E-state index contributed by atoms with van der Waals surface area (Å²) < 4.78 is 2.38. The van der Waals surface area contributed by atoms with Crippen molar-refractivity contribution < 1.29 is 0 Å². The number of likely N-dealkylation sites (N-methyl/N-ethyl adjacent to an activating group) is 1. The van der Waals surface area contributed by atoms with Crippen LogP contribution < -0.4 is 5.32 Å². The standard InChI is InChI=1S/C24H30N6S/c1-17-15-20(18(2)30(17)16-19-8-11-25-12-9-19)23-22(21-7-5-6-10-26-21)27-24(31)29(23)14-13-28(3)4/h5-12,15,22-23H,13-14,16H2,1-4H3,(H,27,31)/t22-,23+/m1/s1. The van der Waals surface area contributed by atoms with Crippen LogP contribution in [0.2, 0.25) is 0 Å². The second-order valence-electron chi connectivity index (χ2n) is 8.39. The van der Waals surface area contributed by atoms with Crippen LogP contribution in [0.1, 0.15) is 40.3 Å². The summed E-state index contributed by atoms with van der Waals surface area (Å²) >= 11 is 5.79. The molecular weight excluding hydrogens is 404 g/mol. The van der Waals surface area contributed by atoms with Crippen LogP contribution in [0.5, 0.6) is 0 Å². The van der Waals surface area contributed by atoms with Gasteiger partial charge < -0.3 is 19.7 Å². The van der Waals surface area contributed by atoms with Gasteiger partial charge >= 0.3 is 0 Å². The highest BCUT2D eigenvalue weighted by molar-refractivity contribution is 7.80. The number of nitrogens with zero attached hydrogens (tertiary/aromatic N) is 5. The Kier molecular flexibility index (Phi) is 6.34. The molecule has 7 heteroatoms. The largest absolute Gasteiger partial charge is 0.352 e. The average molecular weight is 435 g/mol.